The van der Waals surface area contributed by atoms with Crippen molar-refractivity contribution in [2.24, 2.45) is 5.92 Å². The van der Waals surface area contributed by atoms with Crippen LogP contribution < -0.4 is 5.56 Å². The fourth-order valence-corrected chi connectivity index (χ4v) is 4.02. The maximum atomic E-state index is 12.6. The molecule has 4 rings (SSSR count). The molecule has 4 heterocycles. The molecule has 1 aliphatic rings. The number of rotatable bonds is 4. The lowest BCUT2D eigenvalue weighted by Crippen LogP contribution is -2.40. The topological polar surface area (TPSA) is 93.9 Å². The zero-order valence-electron chi connectivity index (χ0n) is 15.5. The van der Waals surface area contributed by atoms with Gasteiger partial charge >= 0.3 is 0 Å². The first-order valence-corrected chi connectivity index (χ1v) is 9.96. The highest BCUT2D eigenvalue weighted by atomic mass is 32.1. The number of carbonyl (C=O) groups excluding carboxylic acids is 1. The van der Waals surface area contributed by atoms with Crippen LogP contribution in [0, 0.1) is 12.8 Å². The normalized spacial score (nSPS) is 15.0. The van der Waals surface area contributed by atoms with Gasteiger partial charge in [-0.3, -0.25) is 14.6 Å². The van der Waals surface area contributed by atoms with Crippen LogP contribution in [0.5, 0.6) is 0 Å². The summed E-state index contributed by atoms with van der Waals surface area (Å²) in [7, 11) is 0. The van der Waals surface area contributed by atoms with E-state index in [-0.39, 0.29) is 11.5 Å². The summed E-state index contributed by atoms with van der Waals surface area (Å²) in [4.78, 5) is 31.3. The molecule has 3 aromatic rings. The van der Waals surface area contributed by atoms with E-state index in [2.05, 4.69) is 19.7 Å². The number of hydrogen-bond donors (Lipinski definition) is 0. The van der Waals surface area contributed by atoms with Crippen LogP contribution in [0.15, 0.2) is 41.5 Å². The van der Waals surface area contributed by atoms with E-state index >= 15 is 0 Å². The minimum absolute atomic E-state index is 0.000858. The van der Waals surface area contributed by atoms with Gasteiger partial charge in [-0.2, -0.15) is 5.10 Å². The number of aromatic nitrogens is 5. The van der Waals surface area contributed by atoms with Crippen molar-refractivity contribution in [3.05, 3.63) is 57.6 Å². The second-order valence-corrected chi connectivity index (χ2v) is 7.65. The number of aryl methyl sites for hydroxylation is 1. The summed E-state index contributed by atoms with van der Waals surface area (Å²) < 4.78 is 5.38. The summed E-state index contributed by atoms with van der Waals surface area (Å²) >= 11 is 1.14. The molecule has 1 aliphatic heterocycles. The van der Waals surface area contributed by atoms with Crippen molar-refractivity contribution in [3.63, 3.8) is 0 Å². The molecule has 0 spiro atoms. The SMILES string of the molecule is Cc1nnsc1C(=O)N1CCC(Cn2nc(-c3ccncc3)ccc2=O)CC1. The van der Waals surface area contributed by atoms with E-state index in [1.54, 1.807) is 31.5 Å². The number of carbonyl (C=O) groups is 1. The maximum absolute atomic E-state index is 12.6. The van der Waals surface area contributed by atoms with Gasteiger partial charge in [0.25, 0.3) is 11.5 Å². The van der Waals surface area contributed by atoms with Crippen LogP contribution in [0.1, 0.15) is 28.2 Å². The lowest BCUT2D eigenvalue weighted by Gasteiger charge is -2.31. The monoisotopic (exact) mass is 396 g/mol. The zero-order chi connectivity index (χ0) is 19.5. The van der Waals surface area contributed by atoms with E-state index in [1.807, 2.05) is 17.0 Å². The van der Waals surface area contributed by atoms with Crippen LogP contribution in [-0.4, -0.2) is 48.2 Å². The lowest BCUT2D eigenvalue weighted by molar-refractivity contribution is 0.0684. The summed E-state index contributed by atoms with van der Waals surface area (Å²) in [5.74, 6) is 0.309. The Bertz CT molecular complexity index is 1020. The van der Waals surface area contributed by atoms with Gasteiger partial charge in [-0.05, 0) is 55.4 Å². The Labute approximate surface area is 166 Å². The van der Waals surface area contributed by atoms with Crippen molar-refractivity contribution in [1.82, 2.24) is 29.3 Å². The van der Waals surface area contributed by atoms with Crippen LogP contribution in [0.25, 0.3) is 11.3 Å². The molecule has 8 nitrogen and oxygen atoms in total. The Hall–Kier alpha value is -2.94. The number of likely N-dealkylation sites (tertiary alicyclic amines) is 1. The highest BCUT2D eigenvalue weighted by molar-refractivity contribution is 7.07. The van der Waals surface area contributed by atoms with E-state index in [9.17, 15) is 9.59 Å². The minimum Gasteiger partial charge on any atom is -0.338 e. The van der Waals surface area contributed by atoms with E-state index in [1.165, 1.54) is 4.68 Å². The number of hydrogen-bond acceptors (Lipinski definition) is 7. The van der Waals surface area contributed by atoms with E-state index in [0.29, 0.717) is 36.1 Å². The zero-order valence-corrected chi connectivity index (χ0v) is 16.3. The predicted octanol–water partition coefficient (Wildman–Crippen LogP) is 2.02. The molecule has 0 N–H and O–H groups in total. The summed E-state index contributed by atoms with van der Waals surface area (Å²) in [5, 5.41) is 8.44. The number of piperidine rings is 1. The van der Waals surface area contributed by atoms with Crippen molar-refractivity contribution in [2.75, 3.05) is 13.1 Å². The van der Waals surface area contributed by atoms with Crippen molar-refractivity contribution >= 4 is 17.4 Å². The first-order valence-electron chi connectivity index (χ1n) is 9.18. The molecule has 1 saturated heterocycles. The molecule has 1 fully saturated rings. The first kappa shape index (κ1) is 18.4. The molecule has 0 bridgehead atoms. The molecule has 0 aromatic carbocycles. The molecule has 0 radical (unpaired) electrons. The summed E-state index contributed by atoms with van der Waals surface area (Å²) in [5.41, 5.74) is 2.25. The van der Waals surface area contributed by atoms with Gasteiger partial charge in [-0.1, -0.05) is 4.49 Å². The summed E-state index contributed by atoms with van der Waals surface area (Å²) in [6.45, 7) is 3.69. The quantitative estimate of drug-likeness (QED) is 0.670. The van der Waals surface area contributed by atoms with E-state index < -0.39 is 0 Å². The van der Waals surface area contributed by atoms with E-state index in [0.717, 1.165) is 35.6 Å². The molecule has 9 heteroatoms. The van der Waals surface area contributed by atoms with Gasteiger partial charge in [0.15, 0.2) is 0 Å². The van der Waals surface area contributed by atoms with Gasteiger partial charge in [0.1, 0.15) is 4.88 Å². The second kappa shape index (κ2) is 7.97. The van der Waals surface area contributed by atoms with E-state index in [4.69, 9.17) is 0 Å². The van der Waals surface area contributed by atoms with Crippen LogP contribution in [0.2, 0.25) is 0 Å². The molecular formula is C19H20N6O2S. The highest BCUT2D eigenvalue weighted by Gasteiger charge is 2.26. The molecule has 0 unspecified atom stereocenters. The Morgan fingerprint density at radius 2 is 1.93 bits per heavy atom. The summed E-state index contributed by atoms with van der Waals surface area (Å²) in [6, 6.07) is 7.04. The van der Waals surface area contributed by atoms with Gasteiger partial charge in [0.2, 0.25) is 0 Å². The molecule has 28 heavy (non-hydrogen) atoms. The van der Waals surface area contributed by atoms with Gasteiger partial charge in [0, 0.05) is 43.7 Å². The largest absolute Gasteiger partial charge is 0.338 e. The predicted molar refractivity (Wildman–Crippen MR) is 105 cm³/mol. The third-order valence-corrected chi connectivity index (χ3v) is 5.84. The Balaban J connectivity index is 1.42. The Morgan fingerprint density at radius 3 is 2.61 bits per heavy atom. The van der Waals surface area contributed by atoms with Gasteiger partial charge in [-0.25, -0.2) is 4.68 Å². The van der Waals surface area contributed by atoms with Crippen molar-refractivity contribution < 1.29 is 4.79 Å². The molecule has 0 aliphatic carbocycles. The smallest absolute Gasteiger partial charge is 0.267 e. The fraction of sp³-hybridized carbons (Fsp3) is 0.368. The van der Waals surface area contributed by atoms with Crippen LogP contribution in [0.4, 0.5) is 0 Å². The number of amides is 1. The van der Waals surface area contributed by atoms with Crippen LogP contribution >= 0.6 is 11.5 Å². The Kier molecular flexibility index (Phi) is 5.25. The lowest BCUT2D eigenvalue weighted by atomic mass is 9.96. The molecule has 3 aromatic heterocycles. The van der Waals surface area contributed by atoms with Crippen molar-refractivity contribution in [3.8, 4) is 11.3 Å². The van der Waals surface area contributed by atoms with Gasteiger partial charge in [-0.15, -0.1) is 5.10 Å². The second-order valence-electron chi connectivity index (χ2n) is 6.90. The number of nitrogens with zero attached hydrogens (tertiary/aromatic N) is 6. The Morgan fingerprint density at radius 1 is 1.18 bits per heavy atom. The third kappa shape index (κ3) is 3.84. The summed E-state index contributed by atoms with van der Waals surface area (Å²) in [6.07, 6.45) is 5.09. The third-order valence-electron chi connectivity index (χ3n) is 5.02. The average molecular weight is 396 g/mol. The molecule has 0 atom stereocenters. The van der Waals surface area contributed by atoms with Crippen molar-refractivity contribution in [1.29, 1.82) is 0 Å². The molecular weight excluding hydrogens is 376 g/mol. The molecule has 1 amide bonds. The fourth-order valence-electron chi connectivity index (χ4n) is 3.39. The number of pyridine rings is 1. The van der Waals surface area contributed by atoms with Gasteiger partial charge in [0.05, 0.1) is 11.4 Å². The first-order chi connectivity index (χ1) is 13.6. The highest BCUT2D eigenvalue weighted by Crippen LogP contribution is 2.22. The maximum Gasteiger partial charge on any atom is 0.267 e. The minimum atomic E-state index is -0.109. The molecule has 0 saturated carbocycles. The van der Waals surface area contributed by atoms with Crippen LogP contribution in [-0.2, 0) is 6.54 Å². The van der Waals surface area contributed by atoms with Gasteiger partial charge < -0.3 is 4.90 Å². The molecule has 144 valence electrons. The average Bonchev–Trinajstić information content (AvgIpc) is 3.16. The standard InChI is InChI=1S/C19H20N6O2S/c1-13-18(28-23-21-13)19(27)24-10-6-14(7-11-24)12-25-17(26)3-2-16(22-25)15-4-8-20-9-5-15/h2-5,8-9,14H,6-7,10-12H2,1H3. The van der Waals surface area contributed by atoms with Crippen LogP contribution in [0.3, 0.4) is 0 Å². The van der Waals surface area contributed by atoms with Crippen molar-refractivity contribution in [2.45, 2.75) is 26.3 Å².